The molecule has 0 bridgehead atoms. The van der Waals surface area contributed by atoms with Crippen LogP contribution in [0.5, 0.6) is 0 Å². The lowest BCUT2D eigenvalue weighted by Crippen LogP contribution is -2.40. The highest BCUT2D eigenvalue weighted by molar-refractivity contribution is 5.93. The van der Waals surface area contributed by atoms with Crippen LogP contribution >= 0.6 is 0 Å². The van der Waals surface area contributed by atoms with E-state index in [1.54, 1.807) is 24.0 Å². The van der Waals surface area contributed by atoms with Gasteiger partial charge >= 0.3 is 12.0 Å². The summed E-state index contributed by atoms with van der Waals surface area (Å²) in [6.45, 7) is 3.02. The molecule has 0 unspecified atom stereocenters. The molecule has 1 atom stereocenters. The zero-order chi connectivity index (χ0) is 17.5. The average molecular weight is 333 g/mol. The first-order valence-corrected chi connectivity index (χ1v) is 8.13. The number of hydrogen-bond donors (Lipinski definition) is 2. The Morgan fingerprint density at radius 3 is 2.21 bits per heavy atom. The molecule has 130 valence electrons. The van der Waals surface area contributed by atoms with Crippen LogP contribution < -0.4 is 11.1 Å². The minimum atomic E-state index is -0.820. The topological polar surface area (TPSA) is 102 Å². The molecular weight excluding hydrogens is 310 g/mol. The van der Waals surface area contributed by atoms with Crippen molar-refractivity contribution in [3.8, 4) is 0 Å². The van der Waals surface area contributed by atoms with Crippen molar-refractivity contribution in [1.82, 2.24) is 4.90 Å². The first-order chi connectivity index (χ1) is 11.5. The summed E-state index contributed by atoms with van der Waals surface area (Å²) in [5.74, 6) is -0.728. The van der Waals surface area contributed by atoms with E-state index in [4.69, 9.17) is 10.5 Å². The molecular formula is C17H23N3O4. The SMILES string of the molecule is C[C@@H](OC(=O)c1ccc(NC(N)=O)cc1)C(=O)N1CCCCCC1. The molecule has 1 aromatic carbocycles. The number of carbonyl (C=O) groups excluding carboxylic acids is 3. The van der Waals surface area contributed by atoms with Crippen molar-refractivity contribution in [3.63, 3.8) is 0 Å². The summed E-state index contributed by atoms with van der Waals surface area (Å²) in [5.41, 5.74) is 5.81. The summed E-state index contributed by atoms with van der Waals surface area (Å²) in [5, 5.41) is 2.40. The maximum atomic E-state index is 12.4. The third-order valence-corrected chi connectivity index (χ3v) is 3.94. The molecule has 0 saturated carbocycles. The van der Waals surface area contributed by atoms with Gasteiger partial charge in [0, 0.05) is 18.8 Å². The van der Waals surface area contributed by atoms with Crippen LogP contribution in [0.2, 0.25) is 0 Å². The molecule has 1 fully saturated rings. The molecule has 0 aromatic heterocycles. The molecule has 1 saturated heterocycles. The van der Waals surface area contributed by atoms with Crippen LogP contribution in [-0.4, -0.2) is 42.0 Å². The summed E-state index contributed by atoms with van der Waals surface area (Å²) < 4.78 is 5.27. The van der Waals surface area contributed by atoms with Gasteiger partial charge in [-0.3, -0.25) is 4.79 Å². The van der Waals surface area contributed by atoms with Crippen LogP contribution in [0.15, 0.2) is 24.3 Å². The number of hydrogen-bond acceptors (Lipinski definition) is 4. The predicted molar refractivity (Wildman–Crippen MR) is 89.6 cm³/mol. The van der Waals surface area contributed by atoms with Gasteiger partial charge in [-0.05, 0) is 44.0 Å². The highest BCUT2D eigenvalue weighted by atomic mass is 16.5. The molecule has 7 heteroatoms. The molecule has 0 aliphatic carbocycles. The number of nitrogens with two attached hydrogens (primary N) is 1. The maximum absolute atomic E-state index is 12.4. The number of anilines is 1. The number of benzene rings is 1. The van der Waals surface area contributed by atoms with Gasteiger partial charge < -0.3 is 20.7 Å². The predicted octanol–water partition coefficient (Wildman–Crippen LogP) is 2.13. The first-order valence-electron chi connectivity index (χ1n) is 8.13. The maximum Gasteiger partial charge on any atom is 0.338 e. The third-order valence-electron chi connectivity index (χ3n) is 3.94. The van der Waals surface area contributed by atoms with Crippen molar-refractivity contribution in [2.75, 3.05) is 18.4 Å². The van der Waals surface area contributed by atoms with Gasteiger partial charge in [0.25, 0.3) is 5.91 Å². The Labute approximate surface area is 141 Å². The second-order valence-electron chi connectivity index (χ2n) is 5.85. The Hall–Kier alpha value is -2.57. The molecule has 3 amide bonds. The van der Waals surface area contributed by atoms with E-state index in [1.807, 2.05) is 0 Å². The summed E-state index contributed by atoms with van der Waals surface area (Å²) in [6, 6.07) is 5.43. The van der Waals surface area contributed by atoms with Gasteiger partial charge in [-0.2, -0.15) is 0 Å². The molecule has 7 nitrogen and oxygen atoms in total. The summed E-state index contributed by atoms with van der Waals surface area (Å²) in [4.78, 5) is 37.0. The largest absolute Gasteiger partial charge is 0.449 e. The number of urea groups is 1. The number of nitrogens with one attached hydrogen (secondary N) is 1. The molecule has 1 heterocycles. The number of amides is 3. The highest BCUT2D eigenvalue weighted by Crippen LogP contribution is 2.14. The fourth-order valence-corrected chi connectivity index (χ4v) is 2.66. The van der Waals surface area contributed by atoms with E-state index in [0.717, 1.165) is 25.7 Å². The Bertz CT molecular complexity index is 592. The minimum Gasteiger partial charge on any atom is -0.449 e. The van der Waals surface area contributed by atoms with Gasteiger partial charge in [-0.25, -0.2) is 9.59 Å². The normalized spacial score (nSPS) is 16.0. The fraction of sp³-hybridized carbons (Fsp3) is 0.471. The Morgan fingerprint density at radius 2 is 1.67 bits per heavy atom. The number of esters is 1. The second kappa shape index (κ2) is 8.33. The van der Waals surface area contributed by atoms with Gasteiger partial charge in [0.05, 0.1) is 5.56 Å². The number of likely N-dealkylation sites (tertiary alicyclic amines) is 1. The number of carbonyl (C=O) groups is 3. The smallest absolute Gasteiger partial charge is 0.338 e. The molecule has 1 aromatic rings. The van der Waals surface area contributed by atoms with Crippen molar-refractivity contribution >= 4 is 23.6 Å². The molecule has 24 heavy (non-hydrogen) atoms. The highest BCUT2D eigenvalue weighted by Gasteiger charge is 2.24. The van der Waals surface area contributed by atoms with E-state index >= 15 is 0 Å². The van der Waals surface area contributed by atoms with Crippen LogP contribution in [0, 0.1) is 0 Å². The van der Waals surface area contributed by atoms with E-state index in [9.17, 15) is 14.4 Å². The third kappa shape index (κ3) is 4.97. The molecule has 3 N–H and O–H groups in total. The lowest BCUT2D eigenvalue weighted by molar-refractivity contribution is -0.139. The summed E-state index contributed by atoms with van der Waals surface area (Å²) >= 11 is 0. The Balaban J connectivity index is 1.92. The molecule has 0 radical (unpaired) electrons. The van der Waals surface area contributed by atoms with Crippen LogP contribution in [0.1, 0.15) is 43.0 Å². The van der Waals surface area contributed by atoms with E-state index < -0.39 is 18.1 Å². The number of nitrogens with zero attached hydrogens (tertiary/aromatic N) is 1. The summed E-state index contributed by atoms with van der Waals surface area (Å²) in [6.07, 6.45) is 3.41. The molecule has 1 aliphatic heterocycles. The summed E-state index contributed by atoms with van der Waals surface area (Å²) in [7, 11) is 0. The van der Waals surface area contributed by atoms with Crippen LogP contribution in [-0.2, 0) is 9.53 Å². The number of primary amides is 1. The number of rotatable bonds is 4. The van der Waals surface area contributed by atoms with E-state index in [-0.39, 0.29) is 5.91 Å². The van der Waals surface area contributed by atoms with Crippen molar-refractivity contribution in [1.29, 1.82) is 0 Å². The second-order valence-corrected chi connectivity index (χ2v) is 5.85. The van der Waals surface area contributed by atoms with Gasteiger partial charge in [0.15, 0.2) is 6.10 Å². The Kier molecular flexibility index (Phi) is 6.17. The minimum absolute atomic E-state index is 0.155. The van der Waals surface area contributed by atoms with E-state index in [1.165, 1.54) is 12.1 Å². The van der Waals surface area contributed by atoms with Crippen LogP contribution in [0.3, 0.4) is 0 Å². The van der Waals surface area contributed by atoms with Crippen molar-refractivity contribution in [3.05, 3.63) is 29.8 Å². The number of ether oxygens (including phenoxy) is 1. The molecule has 2 rings (SSSR count). The molecule has 1 aliphatic rings. The van der Waals surface area contributed by atoms with Gasteiger partial charge in [0.1, 0.15) is 0 Å². The lowest BCUT2D eigenvalue weighted by atomic mass is 10.2. The fourth-order valence-electron chi connectivity index (χ4n) is 2.66. The van der Waals surface area contributed by atoms with Gasteiger partial charge in [-0.15, -0.1) is 0 Å². The van der Waals surface area contributed by atoms with E-state index in [0.29, 0.717) is 24.3 Å². The van der Waals surface area contributed by atoms with Gasteiger partial charge in [-0.1, -0.05) is 12.8 Å². The van der Waals surface area contributed by atoms with Crippen molar-refractivity contribution in [2.24, 2.45) is 5.73 Å². The zero-order valence-electron chi connectivity index (χ0n) is 13.8. The quantitative estimate of drug-likeness (QED) is 0.824. The van der Waals surface area contributed by atoms with E-state index in [2.05, 4.69) is 5.32 Å². The van der Waals surface area contributed by atoms with Crippen molar-refractivity contribution in [2.45, 2.75) is 38.7 Å². The lowest BCUT2D eigenvalue weighted by Gasteiger charge is -2.24. The standard InChI is InChI=1S/C17H23N3O4/c1-12(15(21)20-10-4-2-3-5-11-20)24-16(22)13-6-8-14(9-7-13)19-17(18)23/h6-9,12H,2-5,10-11H2,1H3,(H3,18,19,23)/t12-/m1/s1. The van der Waals surface area contributed by atoms with Gasteiger partial charge in [0.2, 0.25) is 0 Å². The molecule has 0 spiro atoms. The monoisotopic (exact) mass is 333 g/mol. The van der Waals surface area contributed by atoms with Crippen molar-refractivity contribution < 1.29 is 19.1 Å². The van der Waals surface area contributed by atoms with Crippen LogP contribution in [0.25, 0.3) is 0 Å². The zero-order valence-corrected chi connectivity index (χ0v) is 13.8. The first kappa shape index (κ1) is 17.8. The van der Waals surface area contributed by atoms with Crippen LogP contribution in [0.4, 0.5) is 10.5 Å². The Morgan fingerprint density at radius 1 is 1.08 bits per heavy atom. The average Bonchev–Trinajstić information content (AvgIpc) is 2.83.